The number of halogens is 3. The SMILES string of the molecule is CCNC(=NCc1nccn1C(F)F)N1CCC(Oc2ccccc2)CC1.I. The van der Waals surface area contributed by atoms with Gasteiger partial charge in [0.05, 0.1) is 0 Å². The Hall–Kier alpha value is -1.91. The summed E-state index contributed by atoms with van der Waals surface area (Å²) in [6.07, 6.45) is 4.57. The van der Waals surface area contributed by atoms with Gasteiger partial charge in [0.25, 0.3) is 0 Å². The van der Waals surface area contributed by atoms with Gasteiger partial charge in [-0.15, -0.1) is 24.0 Å². The Morgan fingerprint density at radius 2 is 2.00 bits per heavy atom. The molecule has 1 aromatic heterocycles. The van der Waals surface area contributed by atoms with Crippen LogP contribution in [0.3, 0.4) is 0 Å². The van der Waals surface area contributed by atoms with E-state index >= 15 is 0 Å². The quantitative estimate of drug-likeness (QED) is 0.368. The maximum absolute atomic E-state index is 12.9. The lowest BCUT2D eigenvalue weighted by molar-refractivity contribution is 0.0670. The highest BCUT2D eigenvalue weighted by molar-refractivity contribution is 14.0. The van der Waals surface area contributed by atoms with Crippen molar-refractivity contribution in [1.29, 1.82) is 0 Å². The molecule has 28 heavy (non-hydrogen) atoms. The third-order valence-corrected chi connectivity index (χ3v) is 4.45. The van der Waals surface area contributed by atoms with E-state index in [-0.39, 0.29) is 42.4 Å². The highest BCUT2D eigenvalue weighted by atomic mass is 127. The van der Waals surface area contributed by atoms with E-state index in [1.165, 1.54) is 12.4 Å². The summed E-state index contributed by atoms with van der Waals surface area (Å²) in [6.45, 7) is 1.80. The molecule has 0 aliphatic carbocycles. The van der Waals surface area contributed by atoms with Crippen LogP contribution in [0.1, 0.15) is 32.1 Å². The molecule has 9 heteroatoms. The first kappa shape index (κ1) is 22.4. The Kier molecular flexibility index (Phi) is 8.94. The number of aliphatic imine (C=N–C) groups is 1. The topological polar surface area (TPSA) is 54.7 Å². The van der Waals surface area contributed by atoms with Crippen LogP contribution in [0.25, 0.3) is 0 Å². The summed E-state index contributed by atoms with van der Waals surface area (Å²) in [4.78, 5) is 10.6. The first-order valence-electron chi connectivity index (χ1n) is 9.22. The van der Waals surface area contributed by atoms with Crippen molar-refractivity contribution < 1.29 is 13.5 Å². The van der Waals surface area contributed by atoms with Crippen LogP contribution in [0.2, 0.25) is 0 Å². The molecule has 6 nitrogen and oxygen atoms in total. The number of rotatable bonds is 6. The maximum atomic E-state index is 12.9. The summed E-state index contributed by atoms with van der Waals surface area (Å²) < 4.78 is 32.8. The molecule has 154 valence electrons. The number of guanidine groups is 1. The van der Waals surface area contributed by atoms with Gasteiger partial charge in [0.2, 0.25) is 0 Å². The summed E-state index contributed by atoms with van der Waals surface area (Å²) in [5, 5.41) is 3.24. The third kappa shape index (κ3) is 6.05. The van der Waals surface area contributed by atoms with Gasteiger partial charge in [-0.1, -0.05) is 18.2 Å². The summed E-state index contributed by atoms with van der Waals surface area (Å²) in [7, 11) is 0. The van der Waals surface area contributed by atoms with Crippen molar-refractivity contribution in [1.82, 2.24) is 19.8 Å². The molecular formula is C19H26F2IN5O. The van der Waals surface area contributed by atoms with Crippen molar-refractivity contribution in [2.75, 3.05) is 19.6 Å². The van der Waals surface area contributed by atoms with E-state index in [9.17, 15) is 8.78 Å². The minimum atomic E-state index is -2.61. The fourth-order valence-corrected chi connectivity index (χ4v) is 3.09. The summed E-state index contributed by atoms with van der Waals surface area (Å²) in [5.41, 5.74) is 0. The summed E-state index contributed by atoms with van der Waals surface area (Å²) in [6, 6.07) is 9.81. The van der Waals surface area contributed by atoms with Gasteiger partial charge >= 0.3 is 6.55 Å². The highest BCUT2D eigenvalue weighted by Crippen LogP contribution is 2.19. The second kappa shape index (κ2) is 11.2. The molecule has 0 atom stereocenters. The standard InChI is InChI=1S/C19H25F2N5O.HI/c1-2-22-19(24-14-17-23-10-13-26(17)18(20)21)25-11-8-16(9-12-25)27-15-6-4-3-5-7-15;/h3-7,10,13,16,18H,2,8-9,11-12,14H2,1H3,(H,22,24);1H. The number of nitrogens with zero attached hydrogens (tertiary/aromatic N) is 4. The number of hydrogen-bond acceptors (Lipinski definition) is 3. The molecule has 0 unspecified atom stereocenters. The first-order valence-corrected chi connectivity index (χ1v) is 9.22. The zero-order valence-electron chi connectivity index (χ0n) is 15.8. The lowest BCUT2D eigenvalue weighted by Gasteiger charge is -2.34. The number of nitrogens with one attached hydrogen (secondary N) is 1. The van der Waals surface area contributed by atoms with Crippen molar-refractivity contribution in [3.8, 4) is 5.75 Å². The number of benzene rings is 1. The zero-order chi connectivity index (χ0) is 19.1. The van der Waals surface area contributed by atoms with Crippen LogP contribution in [-0.4, -0.2) is 46.1 Å². The highest BCUT2D eigenvalue weighted by Gasteiger charge is 2.23. The molecule has 1 fully saturated rings. The number of imidazole rings is 1. The van der Waals surface area contributed by atoms with Gasteiger partial charge in [-0.05, 0) is 19.1 Å². The van der Waals surface area contributed by atoms with Crippen LogP contribution in [0.5, 0.6) is 5.75 Å². The number of hydrogen-bond donors (Lipinski definition) is 1. The van der Waals surface area contributed by atoms with E-state index in [1.54, 1.807) is 0 Å². The van der Waals surface area contributed by atoms with Crippen molar-refractivity contribution in [3.63, 3.8) is 0 Å². The summed E-state index contributed by atoms with van der Waals surface area (Å²) in [5.74, 6) is 1.86. The number of para-hydroxylation sites is 1. The second-order valence-electron chi connectivity index (χ2n) is 6.32. The minimum absolute atomic E-state index is 0. The van der Waals surface area contributed by atoms with Crippen LogP contribution in [0.15, 0.2) is 47.7 Å². The summed E-state index contributed by atoms with van der Waals surface area (Å²) >= 11 is 0. The van der Waals surface area contributed by atoms with Gasteiger partial charge in [-0.2, -0.15) is 8.78 Å². The molecule has 1 aliphatic rings. The number of piperidine rings is 1. The van der Waals surface area contributed by atoms with Crippen LogP contribution in [0, 0.1) is 0 Å². The van der Waals surface area contributed by atoms with E-state index in [0.29, 0.717) is 6.54 Å². The van der Waals surface area contributed by atoms with E-state index in [2.05, 4.69) is 20.2 Å². The lowest BCUT2D eigenvalue weighted by atomic mass is 10.1. The van der Waals surface area contributed by atoms with E-state index in [1.807, 2.05) is 37.3 Å². The third-order valence-electron chi connectivity index (χ3n) is 4.45. The largest absolute Gasteiger partial charge is 0.490 e. The van der Waals surface area contributed by atoms with Gasteiger partial charge in [0.1, 0.15) is 24.2 Å². The molecule has 1 N–H and O–H groups in total. The van der Waals surface area contributed by atoms with Crippen LogP contribution < -0.4 is 10.1 Å². The average Bonchev–Trinajstić information content (AvgIpc) is 3.16. The fraction of sp³-hybridized carbons (Fsp3) is 0.474. The minimum Gasteiger partial charge on any atom is -0.490 e. The molecule has 1 saturated heterocycles. The normalized spacial score (nSPS) is 15.4. The van der Waals surface area contributed by atoms with Crippen LogP contribution in [0.4, 0.5) is 8.78 Å². The molecule has 2 aromatic rings. The number of aromatic nitrogens is 2. The molecule has 0 saturated carbocycles. The molecule has 0 radical (unpaired) electrons. The zero-order valence-corrected chi connectivity index (χ0v) is 18.1. The van der Waals surface area contributed by atoms with Gasteiger partial charge in [-0.3, -0.25) is 4.57 Å². The number of likely N-dealkylation sites (tertiary alicyclic amines) is 1. The molecular weight excluding hydrogens is 479 g/mol. The second-order valence-corrected chi connectivity index (χ2v) is 6.32. The molecule has 2 heterocycles. The van der Waals surface area contributed by atoms with Gasteiger partial charge < -0.3 is 15.0 Å². The molecule has 0 amide bonds. The predicted octanol–water partition coefficient (Wildman–Crippen LogP) is 3.91. The van der Waals surface area contributed by atoms with Gasteiger partial charge in [0.15, 0.2) is 5.96 Å². The Labute approximate surface area is 181 Å². The van der Waals surface area contributed by atoms with Crippen LogP contribution >= 0.6 is 24.0 Å². The number of ether oxygens (including phenoxy) is 1. The molecule has 0 bridgehead atoms. The van der Waals surface area contributed by atoms with Crippen molar-refractivity contribution in [2.45, 2.75) is 39.0 Å². The van der Waals surface area contributed by atoms with E-state index < -0.39 is 6.55 Å². The Bertz CT molecular complexity index is 733. The Morgan fingerprint density at radius 3 is 2.64 bits per heavy atom. The lowest BCUT2D eigenvalue weighted by Crippen LogP contribution is -2.47. The average molecular weight is 505 g/mol. The predicted molar refractivity (Wildman–Crippen MR) is 115 cm³/mol. The van der Waals surface area contributed by atoms with E-state index in [0.717, 1.165) is 42.2 Å². The molecule has 3 rings (SSSR count). The van der Waals surface area contributed by atoms with Crippen molar-refractivity contribution >= 4 is 29.9 Å². The van der Waals surface area contributed by atoms with Gasteiger partial charge in [0, 0.05) is 44.9 Å². The molecule has 0 spiro atoms. The van der Waals surface area contributed by atoms with E-state index in [4.69, 9.17) is 4.74 Å². The Balaban J connectivity index is 0.00000280. The number of alkyl halides is 2. The van der Waals surface area contributed by atoms with Crippen LogP contribution in [-0.2, 0) is 6.54 Å². The smallest absolute Gasteiger partial charge is 0.319 e. The maximum Gasteiger partial charge on any atom is 0.319 e. The van der Waals surface area contributed by atoms with Gasteiger partial charge in [-0.25, -0.2) is 9.98 Å². The monoisotopic (exact) mass is 505 g/mol. The fourth-order valence-electron chi connectivity index (χ4n) is 3.09. The van der Waals surface area contributed by atoms with Crippen molar-refractivity contribution in [2.24, 2.45) is 4.99 Å². The molecule has 1 aliphatic heterocycles. The molecule has 1 aromatic carbocycles. The Morgan fingerprint density at radius 1 is 1.29 bits per heavy atom. The van der Waals surface area contributed by atoms with Crippen molar-refractivity contribution in [3.05, 3.63) is 48.5 Å². The first-order chi connectivity index (χ1) is 13.2.